The Hall–Kier alpha value is -6.20. The third kappa shape index (κ3) is 9.27. The van der Waals surface area contributed by atoms with E-state index < -0.39 is 45.7 Å². The van der Waals surface area contributed by atoms with Crippen molar-refractivity contribution in [2.45, 2.75) is 86.2 Å². The summed E-state index contributed by atoms with van der Waals surface area (Å²) >= 11 is 1.42. The van der Waals surface area contributed by atoms with E-state index in [1.807, 2.05) is 49.4 Å². The van der Waals surface area contributed by atoms with Crippen molar-refractivity contribution in [3.63, 3.8) is 0 Å². The molecule has 9 rings (SSSR count). The van der Waals surface area contributed by atoms with Crippen LogP contribution in [-0.2, 0) is 37.2 Å². The summed E-state index contributed by atoms with van der Waals surface area (Å²) in [4.78, 5) is 65.6. The molecular formula is C51H50FN5O8S2. The normalized spacial score (nSPS) is 20.3. The highest BCUT2D eigenvalue weighted by Gasteiger charge is 2.49. The minimum Gasteiger partial charge on any atom is -0.394 e. The van der Waals surface area contributed by atoms with Crippen molar-refractivity contribution in [1.29, 1.82) is 0 Å². The molecule has 5 amide bonds. The smallest absolute Gasteiger partial charge is 0.263 e. The van der Waals surface area contributed by atoms with Crippen LogP contribution in [0.2, 0.25) is 0 Å². The third-order valence-corrected chi connectivity index (χ3v) is 16.2. The van der Waals surface area contributed by atoms with Gasteiger partial charge in [0.1, 0.15) is 11.9 Å². The first-order valence-electron chi connectivity index (χ1n) is 22.6. The maximum absolute atomic E-state index is 15.3. The Kier molecular flexibility index (Phi) is 13.2. The molecular weight excluding hydrogens is 894 g/mol. The number of hydrogen-bond donors (Lipinski definition) is 4. The second-order valence-electron chi connectivity index (χ2n) is 17.5. The molecule has 0 bridgehead atoms. The highest BCUT2D eigenvalue weighted by molar-refractivity contribution is 7.99. The van der Waals surface area contributed by atoms with Crippen LogP contribution < -0.4 is 16.0 Å². The molecule has 5 aromatic carbocycles. The number of aryl methyl sites for hydroxylation is 3. The van der Waals surface area contributed by atoms with Crippen LogP contribution in [-0.4, -0.2) is 83.3 Å². The number of halogens is 1. The summed E-state index contributed by atoms with van der Waals surface area (Å²) < 4.78 is 44.9. The number of piperidine rings is 1. The van der Waals surface area contributed by atoms with Crippen molar-refractivity contribution in [1.82, 2.24) is 14.5 Å². The molecule has 0 aliphatic carbocycles. The van der Waals surface area contributed by atoms with E-state index in [0.717, 1.165) is 38.4 Å². The quantitative estimate of drug-likeness (QED) is 0.0468. The van der Waals surface area contributed by atoms with E-state index in [1.165, 1.54) is 17.8 Å². The van der Waals surface area contributed by atoms with Crippen molar-refractivity contribution in [2.24, 2.45) is 5.92 Å². The number of nitrogens with one attached hydrogen (secondary N) is 3. The topological polar surface area (TPSA) is 182 Å². The van der Waals surface area contributed by atoms with Gasteiger partial charge in [-0.05, 0) is 134 Å². The molecule has 0 aromatic heterocycles. The van der Waals surface area contributed by atoms with Gasteiger partial charge in [0.05, 0.1) is 34.7 Å². The summed E-state index contributed by atoms with van der Waals surface area (Å²) in [5, 5.41) is 18.9. The molecule has 4 aliphatic rings. The number of amides is 5. The fraction of sp³-hybridized carbons (Fsp3) is 0.314. The summed E-state index contributed by atoms with van der Waals surface area (Å²) in [7, 11) is -3.83. The minimum absolute atomic E-state index is 0.0456. The second kappa shape index (κ2) is 19.2. The SMILES string of the molecule is Cc1ccc(S(=O)(=O)N2CC[C@@H]3[C@H](CO)Nc4ccc(-c5cccc(NC(=O)CCCc6ccc(CCCSc7cccc8c7C(=O)N(C7CCC(=O)NC7=O)C8=O)cc6F)c5)cc4[C@@H]32)cc1. The largest absolute Gasteiger partial charge is 0.394 e. The van der Waals surface area contributed by atoms with E-state index >= 15 is 4.39 Å². The predicted octanol–water partition coefficient (Wildman–Crippen LogP) is 7.43. The summed E-state index contributed by atoms with van der Waals surface area (Å²) in [5.74, 6) is -2.27. The van der Waals surface area contributed by atoms with Crippen molar-refractivity contribution in [3.8, 4) is 11.1 Å². The van der Waals surface area contributed by atoms with Crippen LogP contribution >= 0.6 is 11.8 Å². The van der Waals surface area contributed by atoms with E-state index in [1.54, 1.807) is 58.9 Å². The van der Waals surface area contributed by atoms with Gasteiger partial charge < -0.3 is 15.7 Å². The van der Waals surface area contributed by atoms with Gasteiger partial charge in [0.25, 0.3) is 11.8 Å². The number of hydrogen-bond acceptors (Lipinski definition) is 10. The van der Waals surface area contributed by atoms with Gasteiger partial charge in [-0.15, -0.1) is 11.8 Å². The molecule has 2 fully saturated rings. The van der Waals surface area contributed by atoms with Gasteiger partial charge in [-0.3, -0.25) is 34.2 Å². The molecule has 4 aliphatic heterocycles. The number of benzene rings is 5. The van der Waals surface area contributed by atoms with Gasteiger partial charge in [0.2, 0.25) is 27.7 Å². The Morgan fingerprint density at radius 1 is 0.881 bits per heavy atom. The number of aliphatic hydroxyl groups excluding tert-OH is 1. The molecule has 4 atom stereocenters. The zero-order valence-corrected chi connectivity index (χ0v) is 38.4. The Morgan fingerprint density at radius 3 is 2.45 bits per heavy atom. The standard InChI is InChI=1S/C51H50FN5O8S2/c1-30-13-18-36(19-14-30)67(64,65)56-24-23-37-42(29-58)54-41-20-17-34(28-39(41)48(37)56)33-8-2-9-35(27-33)53-45(59)12-3-7-32-16-15-31(26-40(32)52)6-5-25-66-44-11-4-10-38-47(44)51(63)57(50(38)62)43-21-22-46(60)55-49(43)61/h2,4,8-11,13-20,26-28,37,42-43,48,54,58H,3,5-7,12,21-25,29H2,1H3,(H,53,59)(H,55,60,61)/t37-,42+,43?,48-/m1/s1. The van der Waals surface area contributed by atoms with Gasteiger partial charge in [-0.1, -0.05) is 54.1 Å². The van der Waals surface area contributed by atoms with Crippen molar-refractivity contribution in [2.75, 3.05) is 29.5 Å². The first-order valence-corrected chi connectivity index (χ1v) is 25.0. The maximum Gasteiger partial charge on any atom is 0.263 e. The van der Waals surface area contributed by atoms with Crippen molar-refractivity contribution >= 4 is 62.7 Å². The van der Waals surface area contributed by atoms with Gasteiger partial charge in [0.15, 0.2) is 0 Å². The molecule has 1 unspecified atom stereocenters. The molecule has 0 radical (unpaired) electrons. The number of carbonyl (C=O) groups is 5. The number of anilines is 2. The van der Waals surface area contributed by atoms with Gasteiger partial charge in [-0.2, -0.15) is 4.31 Å². The van der Waals surface area contributed by atoms with Gasteiger partial charge in [0, 0.05) is 41.6 Å². The first kappa shape index (κ1) is 45.9. The van der Waals surface area contributed by atoms with E-state index in [0.29, 0.717) is 60.5 Å². The lowest BCUT2D eigenvalue weighted by atomic mass is 9.82. The van der Waals surface area contributed by atoms with Crippen LogP contribution in [0.15, 0.2) is 113 Å². The number of sulfonamides is 1. The summed E-state index contributed by atoms with van der Waals surface area (Å²) in [6, 6.07) is 28.6. The van der Waals surface area contributed by atoms with Gasteiger partial charge in [-0.25, -0.2) is 12.8 Å². The molecule has 2 saturated heterocycles. The molecule has 0 spiro atoms. The molecule has 5 aromatic rings. The molecule has 16 heteroatoms. The Bertz CT molecular complexity index is 2910. The molecule has 0 saturated carbocycles. The van der Waals surface area contributed by atoms with E-state index in [-0.39, 0.29) is 65.6 Å². The Morgan fingerprint density at radius 2 is 1.67 bits per heavy atom. The maximum atomic E-state index is 15.3. The first-order chi connectivity index (χ1) is 32.3. The molecule has 67 heavy (non-hydrogen) atoms. The number of nitrogens with zero attached hydrogens (tertiary/aromatic N) is 2. The van der Waals surface area contributed by atoms with E-state index in [4.69, 9.17) is 0 Å². The van der Waals surface area contributed by atoms with E-state index in [9.17, 15) is 37.5 Å². The highest BCUT2D eigenvalue weighted by atomic mass is 32.2. The van der Waals surface area contributed by atoms with Crippen LogP contribution in [0.25, 0.3) is 11.1 Å². The van der Waals surface area contributed by atoms with Crippen LogP contribution in [0.1, 0.15) is 87.5 Å². The fourth-order valence-electron chi connectivity index (χ4n) is 9.77. The Balaban J connectivity index is 0.775. The number of fused-ring (bicyclic) bond motifs is 4. The van der Waals surface area contributed by atoms with Crippen LogP contribution in [0.3, 0.4) is 0 Å². The molecule has 13 nitrogen and oxygen atoms in total. The number of aliphatic hydroxyl groups is 1. The zero-order chi connectivity index (χ0) is 47.0. The van der Waals surface area contributed by atoms with Crippen LogP contribution in [0, 0.1) is 18.7 Å². The fourth-order valence-corrected chi connectivity index (χ4v) is 12.5. The van der Waals surface area contributed by atoms with Crippen molar-refractivity contribution < 1.29 is 41.9 Å². The van der Waals surface area contributed by atoms with Crippen LogP contribution in [0.4, 0.5) is 15.8 Å². The van der Waals surface area contributed by atoms with Crippen molar-refractivity contribution in [3.05, 3.63) is 142 Å². The molecule has 4 heterocycles. The zero-order valence-electron chi connectivity index (χ0n) is 36.8. The molecule has 4 N–H and O–H groups in total. The lowest BCUT2D eigenvalue weighted by molar-refractivity contribution is -0.136. The Labute approximate surface area is 392 Å². The average molecular weight is 944 g/mol. The summed E-state index contributed by atoms with van der Waals surface area (Å²) in [5.41, 5.74) is 6.67. The minimum atomic E-state index is -3.83. The van der Waals surface area contributed by atoms with E-state index in [2.05, 4.69) is 16.0 Å². The summed E-state index contributed by atoms with van der Waals surface area (Å²) in [6.07, 6.45) is 2.96. The number of carbonyl (C=O) groups excluding carboxylic acids is 5. The monoisotopic (exact) mass is 943 g/mol. The lowest BCUT2D eigenvalue weighted by Gasteiger charge is -2.39. The third-order valence-electron chi connectivity index (χ3n) is 13.2. The second-order valence-corrected chi connectivity index (χ2v) is 20.6. The number of imide groups is 2. The van der Waals surface area contributed by atoms with Gasteiger partial charge >= 0.3 is 0 Å². The molecule has 346 valence electrons. The number of rotatable bonds is 15. The number of thioether (sulfide) groups is 1. The predicted molar refractivity (Wildman–Crippen MR) is 252 cm³/mol. The summed E-state index contributed by atoms with van der Waals surface area (Å²) in [6.45, 7) is 2.12. The average Bonchev–Trinajstić information content (AvgIpc) is 3.88. The highest BCUT2D eigenvalue weighted by Crippen LogP contribution is 2.49. The lowest BCUT2D eigenvalue weighted by Crippen LogP contribution is -2.54. The van der Waals surface area contributed by atoms with Crippen LogP contribution in [0.5, 0.6) is 0 Å².